The molecule has 0 unspecified atom stereocenters. The van der Waals surface area contributed by atoms with Gasteiger partial charge in [0.2, 0.25) is 5.91 Å². The van der Waals surface area contributed by atoms with Gasteiger partial charge in [-0.2, -0.15) is 0 Å². The van der Waals surface area contributed by atoms with Gasteiger partial charge < -0.3 is 20.5 Å². The second-order valence-corrected chi connectivity index (χ2v) is 5.72. The molecule has 1 aromatic rings. The maximum Gasteiger partial charge on any atom is 0.343 e. The zero-order chi connectivity index (χ0) is 16.0. The Labute approximate surface area is 136 Å². The Morgan fingerprint density at radius 3 is 2.23 bits per heavy atom. The monoisotopic (exact) mass is 330 g/mol. The van der Waals surface area contributed by atoms with Crippen molar-refractivity contribution in [3.8, 4) is 5.75 Å². The lowest BCUT2D eigenvalue weighted by Gasteiger charge is -2.25. The second-order valence-electron chi connectivity index (χ2n) is 5.72. The third-order valence-corrected chi connectivity index (χ3v) is 2.92. The van der Waals surface area contributed by atoms with Gasteiger partial charge in [-0.25, -0.2) is 4.79 Å². The number of anilines is 1. The van der Waals surface area contributed by atoms with E-state index in [4.69, 9.17) is 10.5 Å². The summed E-state index contributed by atoms with van der Waals surface area (Å²) >= 11 is 0. The molecule has 0 radical (unpaired) electrons. The standard InChI is InChI=1S/C15H22N2O4.ClH/c1-15(2,3)13(16)14(19)17-10-5-7-11(8-6-10)21-9-12(18)20-4;/h5-8,13H,9,16H2,1-4H3,(H,17,19);1H/t13-;/m1./s1. The minimum Gasteiger partial charge on any atom is -0.482 e. The molecule has 0 aromatic heterocycles. The molecule has 0 heterocycles. The highest BCUT2D eigenvalue weighted by Gasteiger charge is 2.27. The molecule has 1 rings (SSSR count). The van der Waals surface area contributed by atoms with E-state index in [0.29, 0.717) is 11.4 Å². The van der Waals surface area contributed by atoms with Crippen LogP contribution in [0.2, 0.25) is 0 Å². The summed E-state index contributed by atoms with van der Waals surface area (Å²) in [5, 5.41) is 2.74. The van der Waals surface area contributed by atoms with Crippen LogP contribution in [0.15, 0.2) is 24.3 Å². The number of methoxy groups -OCH3 is 1. The van der Waals surface area contributed by atoms with E-state index in [9.17, 15) is 9.59 Å². The van der Waals surface area contributed by atoms with Crippen LogP contribution in [0.3, 0.4) is 0 Å². The molecule has 7 heteroatoms. The van der Waals surface area contributed by atoms with Crippen LogP contribution < -0.4 is 15.8 Å². The van der Waals surface area contributed by atoms with Gasteiger partial charge in [-0.3, -0.25) is 4.79 Å². The van der Waals surface area contributed by atoms with E-state index in [1.807, 2.05) is 20.8 Å². The smallest absolute Gasteiger partial charge is 0.343 e. The van der Waals surface area contributed by atoms with Crippen LogP contribution in [0.1, 0.15) is 20.8 Å². The van der Waals surface area contributed by atoms with Crippen molar-refractivity contribution in [2.24, 2.45) is 11.1 Å². The average Bonchev–Trinajstić information content (AvgIpc) is 2.44. The summed E-state index contributed by atoms with van der Waals surface area (Å²) in [7, 11) is 1.29. The normalized spacial score (nSPS) is 11.9. The quantitative estimate of drug-likeness (QED) is 0.805. The third kappa shape index (κ3) is 6.32. The number of nitrogens with one attached hydrogen (secondary N) is 1. The van der Waals surface area contributed by atoms with Gasteiger partial charge in [-0.15, -0.1) is 12.4 Å². The Morgan fingerprint density at radius 1 is 1.23 bits per heavy atom. The first-order valence-corrected chi connectivity index (χ1v) is 6.60. The molecule has 124 valence electrons. The highest BCUT2D eigenvalue weighted by atomic mass is 35.5. The van der Waals surface area contributed by atoms with Crippen molar-refractivity contribution in [1.29, 1.82) is 0 Å². The van der Waals surface area contributed by atoms with Crippen LogP contribution >= 0.6 is 12.4 Å². The number of amides is 1. The summed E-state index contributed by atoms with van der Waals surface area (Å²) in [4.78, 5) is 22.9. The fraction of sp³-hybridized carbons (Fsp3) is 0.467. The molecule has 0 saturated heterocycles. The molecular formula is C15H23ClN2O4. The van der Waals surface area contributed by atoms with Gasteiger partial charge in [0.05, 0.1) is 13.2 Å². The number of hydrogen-bond donors (Lipinski definition) is 2. The van der Waals surface area contributed by atoms with E-state index in [0.717, 1.165) is 0 Å². The van der Waals surface area contributed by atoms with E-state index in [-0.39, 0.29) is 30.3 Å². The molecule has 22 heavy (non-hydrogen) atoms. The third-order valence-electron chi connectivity index (χ3n) is 2.92. The number of rotatable bonds is 5. The average molecular weight is 331 g/mol. The van der Waals surface area contributed by atoms with Gasteiger partial charge in [0.1, 0.15) is 5.75 Å². The topological polar surface area (TPSA) is 90.6 Å². The van der Waals surface area contributed by atoms with E-state index in [1.165, 1.54) is 7.11 Å². The largest absolute Gasteiger partial charge is 0.482 e. The molecular weight excluding hydrogens is 308 g/mol. The van der Waals surface area contributed by atoms with Crippen LogP contribution in [0.5, 0.6) is 5.75 Å². The van der Waals surface area contributed by atoms with Gasteiger partial charge >= 0.3 is 5.97 Å². The molecule has 0 spiro atoms. The van der Waals surface area contributed by atoms with E-state index >= 15 is 0 Å². The van der Waals surface area contributed by atoms with Crippen LogP contribution in [0.25, 0.3) is 0 Å². The molecule has 0 bridgehead atoms. The van der Waals surface area contributed by atoms with Crippen molar-refractivity contribution in [3.63, 3.8) is 0 Å². The number of carbonyl (C=O) groups excluding carboxylic acids is 2. The first-order valence-electron chi connectivity index (χ1n) is 6.60. The fourth-order valence-corrected chi connectivity index (χ4v) is 1.45. The highest BCUT2D eigenvalue weighted by molar-refractivity contribution is 5.95. The number of nitrogens with two attached hydrogens (primary N) is 1. The van der Waals surface area contributed by atoms with E-state index in [1.54, 1.807) is 24.3 Å². The summed E-state index contributed by atoms with van der Waals surface area (Å²) in [6, 6.07) is 6.06. The van der Waals surface area contributed by atoms with Crippen LogP contribution in [0, 0.1) is 5.41 Å². The number of carbonyl (C=O) groups is 2. The second kappa shape index (κ2) is 8.60. The van der Waals surface area contributed by atoms with Gasteiger partial charge in [0.25, 0.3) is 0 Å². The summed E-state index contributed by atoms with van der Waals surface area (Å²) in [5.74, 6) is -0.187. The molecule has 3 N–H and O–H groups in total. The van der Waals surface area contributed by atoms with Crippen molar-refractivity contribution in [2.45, 2.75) is 26.8 Å². The minimum absolute atomic E-state index is 0. The molecule has 0 fully saturated rings. The van der Waals surface area contributed by atoms with Crippen LogP contribution in [-0.4, -0.2) is 31.6 Å². The van der Waals surface area contributed by atoms with E-state index in [2.05, 4.69) is 10.1 Å². The Kier molecular flexibility index (Phi) is 7.90. The van der Waals surface area contributed by atoms with Gasteiger partial charge in [0, 0.05) is 5.69 Å². The molecule has 0 aliphatic rings. The van der Waals surface area contributed by atoms with Gasteiger partial charge in [-0.1, -0.05) is 20.8 Å². The first kappa shape index (κ1) is 20.2. The molecule has 0 aliphatic carbocycles. The van der Waals surface area contributed by atoms with Gasteiger partial charge in [-0.05, 0) is 29.7 Å². The Hall–Kier alpha value is -1.79. The van der Waals surface area contributed by atoms with Crippen molar-refractivity contribution < 1.29 is 19.1 Å². The van der Waals surface area contributed by atoms with Gasteiger partial charge in [0.15, 0.2) is 6.61 Å². The molecule has 1 amide bonds. The minimum atomic E-state index is -0.604. The van der Waals surface area contributed by atoms with Crippen molar-refractivity contribution in [3.05, 3.63) is 24.3 Å². The molecule has 6 nitrogen and oxygen atoms in total. The molecule has 1 atom stereocenters. The maximum absolute atomic E-state index is 12.0. The number of hydrogen-bond acceptors (Lipinski definition) is 5. The summed E-state index contributed by atoms with van der Waals surface area (Å²) in [6.45, 7) is 5.56. The zero-order valence-corrected chi connectivity index (χ0v) is 14.0. The van der Waals surface area contributed by atoms with Crippen LogP contribution in [-0.2, 0) is 14.3 Å². The Bertz CT molecular complexity index is 497. The molecule has 1 aromatic carbocycles. The predicted molar refractivity (Wildman–Crippen MR) is 87.3 cm³/mol. The summed E-state index contributed by atoms with van der Waals surface area (Å²) < 4.78 is 9.68. The SMILES string of the molecule is COC(=O)COc1ccc(NC(=O)[C@@H](N)C(C)(C)C)cc1.Cl. The van der Waals surface area contributed by atoms with Crippen molar-refractivity contribution in [1.82, 2.24) is 0 Å². The predicted octanol–water partition coefficient (Wildman–Crippen LogP) is 1.97. The van der Waals surface area contributed by atoms with Crippen molar-refractivity contribution in [2.75, 3.05) is 19.0 Å². The summed E-state index contributed by atoms with van der Waals surface area (Å²) in [6.07, 6.45) is 0. The number of benzene rings is 1. The number of esters is 1. The Balaban J connectivity index is 0.00000441. The van der Waals surface area contributed by atoms with E-state index < -0.39 is 12.0 Å². The van der Waals surface area contributed by atoms with Crippen molar-refractivity contribution >= 4 is 30.0 Å². The first-order chi connectivity index (χ1) is 9.74. The highest BCUT2D eigenvalue weighted by Crippen LogP contribution is 2.20. The number of ether oxygens (including phenoxy) is 2. The molecule has 0 saturated carbocycles. The molecule has 0 aliphatic heterocycles. The zero-order valence-electron chi connectivity index (χ0n) is 13.2. The number of halogens is 1. The fourth-order valence-electron chi connectivity index (χ4n) is 1.45. The maximum atomic E-state index is 12.0. The van der Waals surface area contributed by atoms with Crippen LogP contribution in [0.4, 0.5) is 5.69 Å². The Morgan fingerprint density at radius 2 is 1.77 bits per heavy atom. The summed E-state index contributed by atoms with van der Waals surface area (Å²) in [5.41, 5.74) is 6.18. The lowest BCUT2D eigenvalue weighted by molar-refractivity contribution is -0.142. The lowest BCUT2D eigenvalue weighted by Crippen LogP contribution is -2.45. The lowest BCUT2D eigenvalue weighted by atomic mass is 9.87.